The first-order valence-electron chi connectivity index (χ1n) is 7.55. The van der Waals surface area contributed by atoms with Crippen LogP contribution in [0.3, 0.4) is 0 Å². The van der Waals surface area contributed by atoms with Crippen molar-refractivity contribution in [1.29, 1.82) is 0 Å². The summed E-state index contributed by atoms with van der Waals surface area (Å²) in [5.41, 5.74) is 1.73. The molecule has 23 heavy (non-hydrogen) atoms. The number of ether oxygens (including phenoxy) is 1. The molecule has 1 saturated heterocycles. The van der Waals surface area contributed by atoms with E-state index in [0.717, 1.165) is 16.4 Å². The van der Waals surface area contributed by atoms with Gasteiger partial charge in [-0.25, -0.2) is 4.98 Å². The molecule has 1 fully saturated rings. The van der Waals surface area contributed by atoms with Gasteiger partial charge in [0.05, 0.1) is 18.3 Å². The topological polar surface area (TPSA) is 80.5 Å². The van der Waals surface area contributed by atoms with Gasteiger partial charge in [0.2, 0.25) is 11.8 Å². The molecule has 0 unspecified atom stereocenters. The largest absolute Gasteiger partial charge is 0.368 e. The molecule has 3 rings (SSSR count). The van der Waals surface area contributed by atoms with Crippen LogP contribution in [0.4, 0.5) is 5.88 Å². The second-order valence-corrected chi connectivity index (χ2v) is 6.57. The molecule has 0 aliphatic carbocycles. The normalized spacial score (nSPS) is 20.4. The van der Waals surface area contributed by atoms with Gasteiger partial charge in [0.1, 0.15) is 11.1 Å². The Bertz CT molecular complexity index is 684. The summed E-state index contributed by atoms with van der Waals surface area (Å²) in [6.07, 6.45) is -0.0785. The summed E-state index contributed by atoms with van der Waals surface area (Å²) in [5.74, 6) is 0.261. The Hall–Kier alpha value is -1.77. The third kappa shape index (κ3) is 3.77. The van der Waals surface area contributed by atoms with Gasteiger partial charge in [0.15, 0.2) is 0 Å². The van der Waals surface area contributed by atoms with Crippen molar-refractivity contribution < 1.29 is 14.1 Å². The second kappa shape index (κ2) is 6.77. The van der Waals surface area contributed by atoms with E-state index in [-0.39, 0.29) is 18.1 Å². The highest BCUT2D eigenvalue weighted by Crippen LogP contribution is 2.26. The molecule has 2 aromatic heterocycles. The maximum absolute atomic E-state index is 12.4. The van der Waals surface area contributed by atoms with Crippen molar-refractivity contribution in [2.45, 2.75) is 32.9 Å². The van der Waals surface area contributed by atoms with Gasteiger partial charge in [0, 0.05) is 30.2 Å². The van der Waals surface area contributed by atoms with Crippen molar-refractivity contribution in [3.05, 3.63) is 27.8 Å². The van der Waals surface area contributed by atoms with Crippen molar-refractivity contribution in [2.75, 3.05) is 25.0 Å². The van der Waals surface area contributed by atoms with Gasteiger partial charge in [0.25, 0.3) is 0 Å². The number of aromatic nitrogens is 2. The quantitative estimate of drug-likeness (QED) is 0.921. The standard InChI is InChI=1S/C15H20N4O3S/c1-9-6-13(22-18-9)17-14(20)11(3)19-4-5-21-12(7-19)15-16-10(2)8-23-15/h6,8,11-12H,4-5,7H2,1-3H3,(H,17,20)/t11-,12+/m1/s1. The van der Waals surface area contributed by atoms with E-state index < -0.39 is 0 Å². The van der Waals surface area contributed by atoms with Crippen LogP contribution in [0.15, 0.2) is 16.0 Å². The van der Waals surface area contributed by atoms with Gasteiger partial charge in [-0.15, -0.1) is 11.3 Å². The number of amides is 1. The fourth-order valence-corrected chi connectivity index (χ4v) is 3.34. The summed E-state index contributed by atoms with van der Waals surface area (Å²) >= 11 is 1.60. The number of hydrogen-bond donors (Lipinski definition) is 1. The Kier molecular flexibility index (Phi) is 4.74. The Morgan fingerprint density at radius 1 is 1.48 bits per heavy atom. The molecule has 124 valence electrons. The fraction of sp³-hybridized carbons (Fsp3) is 0.533. The van der Waals surface area contributed by atoms with E-state index in [4.69, 9.17) is 9.26 Å². The fourth-order valence-electron chi connectivity index (χ4n) is 2.50. The van der Waals surface area contributed by atoms with E-state index in [1.807, 2.05) is 26.2 Å². The highest BCUT2D eigenvalue weighted by atomic mass is 32.1. The Morgan fingerprint density at radius 3 is 2.96 bits per heavy atom. The summed E-state index contributed by atoms with van der Waals surface area (Å²) < 4.78 is 10.8. The van der Waals surface area contributed by atoms with Crippen LogP contribution in [-0.4, -0.2) is 46.7 Å². The lowest BCUT2D eigenvalue weighted by Crippen LogP contribution is -2.48. The SMILES string of the molecule is Cc1cc(NC(=O)[C@@H](C)N2CCO[C@H](c3nc(C)cs3)C2)on1. The zero-order chi connectivity index (χ0) is 16.4. The van der Waals surface area contributed by atoms with E-state index >= 15 is 0 Å². The number of rotatable bonds is 4. The van der Waals surface area contributed by atoms with Gasteiger partial charge >= 0.3 is 0 Å². The van der Waals surface area contributed by atoms with Crippen LogP contribution in [0, 0.1) is 13.8 Å². The average Bonchev–Trinajstić information content (AvgIpc) is 3.15. The third-order valence-electron chi connectivity index (χ3n) is 3.81. The zero-order valence-corrected chi connectivity index (χ0v) is 14.2. The van der Waals surface area contributed by atoms with Crippen LogP contribution in [0.25, 0.3) is 0 Å². The van der Waals surface area contributed by atoms with Gasteiger partial charge < -0.3 is 9.26 Å². The highest BCUT2D eigenvalue weighted by Gasteiger charge is 2.30. The molecule has 0 spiro atoms. The lowest BCUT2D eigenvalue weighted by atomic mass is 10.2. The van der Waals surface area contributed by atoms with Crippen LogP contribution in [0.2, 0.25) is 0 Å². The van der Waals surface area contributed by atoms with E-state index in [0.29, 0.717) is 25.6 Å². The number of carbonyl (C=O) groups excluding carboxylic acids is 1. The van der Waals surface area contributed by atoms with Crippen molar-refractivity contribution in [2.24, 2.45) is 0 Å². The van der Waals surface area contributed by atoms with E-state index in [2.05, 4.69) is 20.4 Å². The first-order chi connectivity index (χ1) is 11.0. The lowest BCUT2D eigenvalue weighted by molar-refractivity contribution is -0.124. The number of hydrogen-bond acceptors (Lipinski definition) is 7. The second-order valence-electron chi connectivity index (χ2n) is 5.68. The maximum Gasteiger partial charge on any atom is 0.243 e. The molecule has 1 N–H and O–H groups in total. The van der Waals surface area contributed by atoms with Crippen LogP contribution in [0.1, 0.15) is 29.4 Å². The molecule has 1 aliphatic rings. The molecule has 0 aromatic carbocycles. The van der Waals surface area contributed by atoms with Crippen LogP contribution < -0.4 is 5.32 Å². The lowest BCUT2D eigenvalue weighted by Gasteiger charge is -2.35. The minimum atomic E-state index is -0.284. The molecule has 2 aromatic rings. The Morgan fingerprint density at radius 2 is 2.30 bits per heavy atom. The van der Waals surface area contributed by atoms with Gasteiger partial charge in [-0.2, -0.15) is 0 Å². The van der Waals surface area contributed by atoms with Crippen molar-refractivity contribution in [1.82, 2.24) is 15.0 Å². The minimum Gasteiger partial charge on any atom is -0.368 e. The summed E-state index contributed by atoms with van der Waals surface area (Å²) in [7, 11) is 0. The number of morpholine rings is 1. The maximum atomic E-state index is 12.4. The highest BCUT2D eigenvalue weighted by molar-refractivity contribution is 7.09. The third-order valence-corrected chi connectivity index (χ3v) is 4.87. The number of aryl methyl sites for hydroxylation is 2. The van der Waals surface area contributed by atoms with E-state index in [9.17, 15) is 4.79 Å². The van der Waals surface area contributed by atoms with Crippen LogP contribution in [0.5, 0.6) is 0 Å². The predicted molar refractivity (Wildman–Crippen MR) is 86.4 cm³/mol. The number of carbonyl (C=O) groups is 1. The molecule has 7 nitrogen and oxygen atoms in total. The predicted octanol–water partition coefficient (Wildman–Crippen LogP) is 2.15. The molecular formula is C15H20N4O3S. The summed E-state index contributed by atoms with van der Waals surface area (Å²) in [5, 5.41) is 9.50. The molecule has 3 heterocycles. The summed E-state index contributed by atoms with van der Waals surface area (Å²) in [6.45, 7) is 7.61. The van der Waals surface area contributed by atoms with E-state index in [1.165, 1.54) is 0 Å². The smallest absolute Gasteiger partial charge is 0.243 e. The van der Waals surface area contributed by atoms with Crippen LogP contribution >= 0.6 is 11.3 Å². The monoisotopic (exact) mass is 336 g/mol. The molecule has 2 atom stereocenters. The molecular weight excluding hydrogens is 316 g/mol. The van der Waals surface area contributed by atoms with Crippen molar-refractivity contribution >= 4 is 23.1 Å². The van der Waals surface area contributed by atoms with Gasteiger partial charge in [-0.1, -0.05) is 5.16 Å². The molecule has 0 saturated carbocycles. The summed E-state index contributed by atoms with van der Waals surface area (Å²) in [6, 6.07) is 1.42. The Labute approximate surface area is 138 Å². The molecule has 1 amide bonds. The molecule has 0 bridgehead atoms. The minimum absolute atomic E-state index is 0.0785. The van der Waals surface area contributed by atoms with Gasteiger partial charge in [-0.05, 0) is 20.8 Å². The molecule has 0 radical (unpaired) electrons. The molecule has 8 heteroatoms. The first kappa shape index (κ1) is 16.1. The van der Waals surface area contributed by atoms with E-state index in [1.54, 1.807) is 17.4 Å². The van der Waals surface area contributed by atoms with Crippen LogP contribution in [-0.2, 0) is 9.53 Å². The number of thiazole rings is 1. The summed E-state index contributed by atoms with van der Waals surface area (Å²) in [4.78, 5) is 19.0. The van der Waals surface area contributed by atoms with Crippen molar-refractivity contribution in [3.8, 4) is 0 Å². The Balaban J connectivity index is 1.62. The number of nitrogens with one attached hydrogen (secondary N) is 1. The zero-order valence-electron chi connectivity index (χ0n) is 13.4. The van der Waals surface area contributed by atoms with Gasteiger partial charge in [-0.3, -0.25) is 15.0 Å². The van der Waals surface area contributed by atoms with Crippen molar-refractivity contribution in [3.63, 3.8) is 0 Å². The average molecular weight is 336 g/mol. The number of anilines is 1. The molecule has 1 aliphatic heterocycles. The number of nitrogens with zero attached hydrogens (tertiary/aromatic N) is 3. The first-order valence-corrected chi connectivity index (χ1v) is 8.43.